The van der Waals surface area contributed by atoms with Gasteiger partial charge in [-0.05, 0) is 68.0 Å². The number of benzene rings is 1. The fourth-order valence-corrected chi connectivity index (χ4v) is 2.19. The molecule has 4 nitrogen and oxygen atoms in total. The third-order valence-corrected chi connectivity index (χ3v) is 3.59. The number of oxime groups is 1. The van der Waals surface area contributed by atoms with E-state index in [1.807, 2.05) is 45.0 Å². The molecule has 0 unspecified atom stereocenters. The van der Waals surface area contributed by atoms with Crippen LogP contribution in [0.3, 0.4) is 0 Å². The first-order valence-electron chi connectivity index (χ1n) is 6.44. The molecule has 0 bridgehead atoms. The standard InChI is InChI=1S/C15H18INO3/c1-14(2,3)19-13(18)15(4)9-12(17-20-15)10-5-7-11(16)8-6-10/h5-8H,9H2,1-4H3/t15-/m0/s1. The average Bonchev–Trinajstić information content (AvgIpc) is 2.72. The van der Waals surface area contributed by atoms with Crippen LogP contribution in [0.25, 0.3) is 0 Å². The second kappa shape index (κ2) is 5.35. The molecule has 2 rings (SSSR count). The average molecular weight is 387 g/mol. The Morgan fingerprint density at radius 1 is 1.35 bits per heavy atom. The molecule has 5 heteroatoms. The van der Waals surface area contributed by atoms with E-state index in [2.05, 4.69) is 27.7 Å². The summed E-state index contributed by atoms with van der Waals surface area (Å²) in [5.74, 6) is -0.380. The maximum Gasteiger partial charge on any atom is 0.354 e. The molecular weight excluding hydrogens is 369 g/mol. The number of carbonyl (C=O) groups excluding carboxylic acids is 1. The normalized spacial score (nSPS) is 22.1. The molecule has 1 heterocycles. The topological polar surface area (TPSA) is 47.9 Å². The van der Waals surface area contributed by atoms with Crippen LogP contribution in [-0.4, -0.2) is 22.9 Å². The molecule has 0 saturated carbocycles. The molecule has 20 heavy (non-hydrogen) atoms. The van der Waals surface area contributed by atoms with Crippen LogP contribution in [0.2, 0.25) is 0 Å². The third kappa shape index (κ3) is 3.50. The van der Waals surface area contributed by atoms with Gasteiger partial charge in [-0.1, -0.05) is 17.3 Å². The van der Waals surface area contributed by atoms with Crippen LogP contribution < -0.4 is 0 Å². The van der Waals surface area contributed by atoms with E-state index in [-0.39, 0.29) is 5.97 Å². The summed E-state index contributed by atoms with van der Waals surface area (Å²) in [5, 5.41) is 4.05. The first kappa shape index (κ1) is 15.3. The van der Waals surface area contributed by atoms with Crippen LogP contribution in [0.4, 0.5) is 0 Å². The van der Waals surface area contributed by atoms with Gasteiger partial charge in [0.25, 0.3) is 0 Å². The van der Waals surface area contributed by atoms with Crippen molar-refractivity contribution in [3.05, 3.63) is 33.4 Å². The zero-order chi connectivity index (χ0) is 15.0. The molecule has 0 N–H and O–H groups in total. The molecule has 1 atom stereocenters. The minimum absolute atomic E-state index is 0.380. The molecule has 0 amide bonds. The van der Waals surface area contributed by atoms with Crippen molar-refractivity contribution >= 4 is 34.3 Å². The molecule has 0 aliphatic carbocycles. The number of esters is 1. The molecule has 0 spiro atoms. The molecule has 0 fully saturated rings. The summed E-state index contributed by atoms with van der Waals surface area (Å²) in [6.07, 6.45) is 0.419. The molecule has 0 saturated heterocycles. The van der Waals surface area contributed by atoms with E-state index in [4.69, 9.17) is 9.57 Å². The van der Waals surface area contributed by atoms with Crippen LogP contribution in [-0.2, 0) is 14.4 Å². The highest BCUT2D eigenvalue weighted by Crippen LogP contribution is 2.29. The molecule has 0 radical (unpaired) electrons. The van der Waals surface area contributed by atoms with Gasteiger partial charge in [-0.3, -0.25) is 0 Å². The van der Waals surface area contributed by atoms with Crippen molar-refractivity contribution in [2.75, 3.05) is 0 Å². The lowest BCUT2D eigenvalue weighted by Crippen LogP contribution is -2.41. The quantitative estimate of drug-likeness (QED) is 0.577. The largest absolute Gasteiger partial charge is 0.457 e. The smallest absolute Gasteiger partial charge is 0.354 e. The van der Waals surface area contributed by atoms with Crippen LogP contribution in [0.15, 0.2) is 29.4 Å². The van der Waals surface area contributed by atoms with Gasteiger partial charge in [0.1, 0.15) is 5.60 Å². The lowest BCUT2D eigenvalue weighted by atomic mass is 9.96. The minimum Gasteiger partial charge on any atom is -0.457 e. The Balaban J connectivity index is 2.10. The van der Waals surface area contributed by atoms with Crippen LogP contribution in [0.5, 0.6) is 0 Å². The van der Waals surface area contributed by atoms with Crippen molar-refractivity contribution in [1.82, 2.24) is 0 Å². The summed E-state index contributed by atoms with van der Waals surface area (Å²) in [5.41, 5.74) is 0.174. The van der Waals surface area contributed by atoms with Crippen molar-refractivity contribution in [1.29, 1.82) is 0 Å². The lowest BCUT2D eigenvalue weighted by molar-refractivity contribution is -0.178. The summed E-state index contributed by atoms with van der Waals surface area (Å²) in [6, 6.07) is 7.96. The zero-order valence-electron chi connectivity index (χ0n) is 12.1. The first-order valence-corrected chi connectivity index (χ1v) is 7.52. The summed E-state index contributed by atoms with van der Waals surface area (Å²) in [6.45, 7) is 7.22. The maximum absolute atomic E-state index is 12.2. The number of hydrogen-bond donors (Lipinski definition) is 0. The van der Waals surface area contributed by atoms with Crippen LogP contribution in [0.1, 0.15) is 39.7 Å². The number of carbonyl (C=O) groups is 1. The predicted octanol–water partition coefficient (Wildman–Crippen LogP) is 3.52. The van der Waals surface area contributed by atoms with Gasteiger partial charge in [0.2, 0.25) is 5.60 Å². The number of halogens is 1. The van der Waals surface area contributed by atoms with Crippen molar-refractivity contribution in [2.45, 2.75) is 45.3 Å². The van der Waals surface area contributed by atoms with E-state index < -0.39 is 11.2 Å². The zero-order valence-corrected chi connectivity index (χ0v) is 14.2. The summed E-state index contributed by atoms with van der Waals surface area (Å²) in [7, 11) is 0. The monoisotopic (exact) mass is 387 g/mol. The second-order valence-corrected chi connectivity index (χ2v) is 7.29. The highest BCUT2D eigenvalue weighted by atomic mass is 127. The Morgan fingerprint density at radius 2 is 1.95 bits per heavy atom. The lowest BCUT2D eigenvalue weighted by Gasteiger charge is -2.26. The fourth-order valence-electron chi connectivity index (χ4n) is 1.83. The molecular formula is C15H18INO3. The third-order valence-electron chi connectivity index (χ3n) is 2.87. The molecule has 1 aromatic rings. The Bertz CT molecular complexity index is 545. The van der Waals surface area contributed by atoms with Crippen molar-refractivity contribution in [2.24, 2.45) is 5.16 Å². The minimum atomic E-state index is -1.04. The Labute approximate surface area is 132 Å². The van der Waals surface area contributed by atoms with E-state index in [1.165, 1.54) is 0 Å². The highest BCUT2D eigenvalue weighted by molar-refractivity contribution is 14.1. The molecule has 0 aromatic heterocycles. The van der Waals surface area contributed by atoms with Gasteiger partial charge < -0.3 is 9.57 Å². The molecule has 1 aromatic carbocycles. The summed E-state index contributed by atoms with van der Waals surface area (Å²) < 4.78 is 6.54. The maximum atomic E-state index is 12.2. The highest BCUT2D eigenvalue weighted by Gasteiger charge is 2.45. The first-order chi connectivity index (χ1) is 9.20. The fraction of sp³-hybridized carbons (Fsp3) is 0.467. The number of hydrogen-bond acceptors (Lipinski definition) is 4. The van der Waals surface area contributed by atoms with Gasteiger partial charge in [-0.15, -0.1) is 0 Å². The van der Waals surface area contributed by atoms with Gasteiger partial charge in [0.15, 0.2) is 0 Å². The summed E-state index contributed by atoms with van der Waals surface area (Å²) >= 11 is 2.25. The van der Waals surface area contributed by atoms with E-state index in [9.17, 15) is 4.79 Å². The van der Waals surface area contributed by atoms with Crippen LogP contribution in [0, 0.1) is 3.57 Å². The second-order valence-electron chi connectivity index (χ2n) is 6.05. The Morgan fingerprint density at radius 3 is 2.50 bits per heavy atom. The van der Waals surface area contributed by atoms with Gasteiger partial charge in [0, 0.05) is 9.99 Å². The van der Waals surface area contributed by atoms with Gasteiger partial charge >= 0.3 is 5.97 Å². The molecule has 1 aliphatic heterocycles. The van der Waals surface area contributed by atoms with E-state index >= 15 is 0 Å². The summed E-state index contributed by atoms with van der Waals surface area (Å²) in [4.78, 5) is 17.5. The Hall–Kier alpha value is -1.11. The predicted molar refractivity (Wildman–Crippen MR) is 85.6 cm³/mol. The van der Waals surface area contributed by atoms with E-state index in [1.54, 1.807) is 6.92 Å². The Kier molecular flexibility index (Phi) is 4.09. The van der Waals surface area contributed by atoms with Crippen molar-refractivity contribution in [3.8, 4) is 0 Å². The number of rotatable bonds is 2. The van der Waals surface area contributed by atoms with E-state index in [0.717, 1.165) is 14.8 Å². The number of ether oxygens (including phenoxy) is 1. The van der Waals surface area contributed by atoms with Crippen molar-refractivity contribution in [3.63, 3.8) is 0 Å². The van der Waals surface area contributed by atoms with E-state index in [0.29, 0.717) is 6.42 Å². The van der Waals surface area contributed by atoms with Gasteiger partial charge in [-0.2, -0.15) is 0 Å². The SMILES string of the molecule is CC(C)(C)OC(=O)[C@]1(C)CC(c2ccc(I)cc2)=NO1. The molecule has 1 aliphatic rings. The number of nitrogens with zero attached hydrogens (tertiary/aromatic N) is 1. The molecule has 108 valence electrons. The van der Waals surface area contributed by atoms with Gasteiger partial charge in [-0.25, -0.2) is 4.79 Å². The van der Waals surface area contributed by atoms with Crippen molar-refractivity contribution < 1.29 is 14.4 Å². The van der Waals surface area contributed by atoms with Crippen LogP contribution >= 0.6 is 22.6 Å². The van der Waals surface area contributed by atoms with Gasteiger partial charge in [0.05, 0.1) is 5.71 Å².